The molecule has 0 spiro atoms. The highest BCUT2D eigenvalue weighted by molar-refractivity contribution is 7.92. The third-order valence-electron chi connectivity index (χ3n) is 5.46. The van der Waals surface area contributed by atoms with E-state index in [0.29, 0.717) is 36.6 Å². The lowest BCUT2D eigenvalue weighted by Crippen LogP contribution is -2.40. The fourth-order valence-electron chi connectivity index (χ4n) is 3.57. The maximum absolute atomic E-state index is 12.7. The minimum absolute atomic E-state index is 0.146. The van der Waals surface area contributed by atoms with Gasteiger partial charge in [0.2, 0.25) is 15.9 Å². The van der Waals surface area contributed by atoms with E-state index in [1.54, 1.807) is 18.2 Å². The summed E-state index contributed by atoms with van der Waals surface area (Å²) in [6, 6.07) is 18.4. The van der Waals surface area contributed by atoms with Crippen molar-refractivity contribution in [1.29, 1.82) is 5.26 Å². The summed E-state index contributed by atoms with van der Waals surface area (Å²) < 4.78 is 26.7. The number of nitrogens with zero attached hydrogens (tertiary/aromatic N) is 3. The summed E-state index contributed by atoms with van der Waals surface area (Å²) in [7, 11) is -3.53. The first-order valence-electron chi connectivity index (χ1n) is 10.4. The monoisotopic (exact) mass is 478 g/mol. The maximum Gasteiger partial charge on any atom is 0.236 e. The Kier molecular flexibility index (Phi) is 6.99. The summed E-state index contributed by atoms with van der Waals surface area (Å²) in [5.74, 6) is -0.413. The van der Waals surface area contributed by atoms with Crippen molar-refractivity contribution in [2.24, 2.45) is 5.92 Å². The zero-order valence-corrected chi connectivity index (χ0v) is 19.3. The fourth-order valence-corrected chi connectivity index (χ4v) is 5.52. The highest BCUT2D eigenvalue weighted by Gasteiger charge is 2.30. The zero-order chi connectivity index (χ0) is 23.3. The maximum atomic E-state index is 12.7. The van der Waals surface area contributed by atoms with Crippen LogP contribution in [0.15, 0.2) is 65.4 Å². The number of sulfonamides is 1. The second-order valence-electron chi connectivity index (χ2n) is 7.65. The van der Waals surface area contributed by atoms with E-state index in [1.807, 2.05) is 47.8 Å². The quantitative estimate of drug-likeness (QED) is 0.568. The number of carbonyl (C=O) groups excluding carboxylic acids is 1. The van der Waals surface area contributed by atoms with Crippen LogP contribution in [0.2, 0.25) is 0 Å². The van der Waals surface area contributed by atoms with Crippen LogP contribution in [0, 0.1) is 17.2 Å². The minimum atomic E-state index is -3.53. The van der Waals surface area contributed by atoms with E-state index in [-0.39, 0.29) is 11.8 Å². The van der Waals surface area contributed by atoms with Crippen molar-refractivity contribution in [3.05, 3.63) is 76.5 Å². The SMILES string of the molecule is N#Cc1ccc(-c2csc(NC(=O)C3CCN(S(=O)(=O)/C=C/c4ccccc4)CC3)n2)cc1. The van der Waals surface area contributed by atoms with Crippen LogP contribution in [0.1, 0.15) is 24.0 Å². The highest BCUT2D eigenvalue weighted by atomic mass is 32.2. The lowest BCUT2D eigenvalue weighted by molar-refractivity contribution is -0.120. The summed E-state index contributed by atoms with van der Waals surface area (Å²) in [6.45, 7) is 0.599. The van der Waals surface area contributed by atoms with E-state index in [9.17, 15) is 13.2 Å². The van der Waals surface area contributed by atoms with Gasteiger partial charge in [0, 0.05) is 35.4 Å². The van der Waals surface area contributed by atoms with Gasteiger partial charge < -0.3 is 5.32 Å². The molecule has 0 unspecified atom stereocenters. The molecule has 1 saturated heterocycles. The van der Waals surface area contributed by atoms with Crippen molar-refractivity contribution in [2.75, 3.05) is 18.4 Å². The third kappa shape index (κ3) is 5.73. The number of piperidine rings is 1. The van der Waals surface area contributed by atoms with E-state index in [0.717, 1.165) is 16.8 Å². The second-order valence-corrected chi connectivity index (χ2v) is 10.3. The smallest absolute Gasteiger partial charge is 0.236 e. The largest absolute Gasteiger partial charge is 0.302 e. The van der Waals surface area contributed by atoms with Crippen LogP contribution >= 0.6 is 11.3 Å². The molecule has 1 fully saturated rings. The van der Waals surface area contributed by atoms with Crippen molar-refractivity contribution in [1.82, 2.24) is 9.29 Å². The van der Waals surface area contributed by atoms with Gasteiger partial charge in [-0.3, -0.25) is 4.79 Å². The van der Waals surface area contributed by atoms with E-state index < -0.39 is 10.0 Å². The number of rotatable bonds is 6. The number of anilines is 1. The molecular weight excluding hydrogens is 456 g/mol. The molecule has 9 heteroatoms. The van der Waals surface area contributed by atoms with Gasteiger partial charge in [-0.25, -0.2) is 13.4 Å². The Morgan fingerprint density at radius 2 is 1.82 bits per heavy atom. The first-order chi connectivity index (χ1) is 15.9. The number of hydrogen-bond donors (Lipinski definition) is 1. The van der Waals surface area contributed by atoms with E-state index in [4.69, 9.17) is 5.26 Å². The molecule has 1 amide bonds. The van der Waals surface area contributed by atoms with Gasteiger partial charge in [-0.15, -0.1) is 11.3 Å². The molecular formula is C24H22N4O3S2. The molecule has 0 radical (unpaired) electrons. The van der Waals surface area contributed by atoms with Gasteiger partial charge in [0.05, 0.1) is 17.3 Å². The standard InChI is InChI=1S/C24H22N4O3S2/c25-16-19-6-8-20(9-7-19)22-17-32-24(26-22)27-23(29)21-10-13-28(14-11-21)33(30,31)15-12-18-4-2-1-3-5-18/h1-9,12,15,17,21H,10-11,13-14H2,(H,26,27,29)/b15-12+. The fraction of sp³-hybridized carbons (Fsp3) is 0.208. The number of thiazole rings is 1. The molecule has 0 aliphatic carbocycles. The first kappa shape index (κ1) is 22.9. The molecule has 0 saturated carbocycles. The molecule has 33 heavy (non-hydrogen) atoms. The van der Waals surface area contributed by atoms with Crippen molar-refractivity contribution in [3.63, 3.8) is 0 Å². The molecule has 1 N–H and O–H groups in total. The number of aromatic nitrogens is 1. The molecule has 168 valence electrons. The summed E-state index contributed by atoms with van der Waals surface area (Å²) in [5, 5.41) is 15.3. The number of nitrogens with one attached hydrogen (secondary N) is 1. The van der Waals surface area contributed by atoms with Crippen LogP contribution < -0.4 is 5.32 Å². The molecule has 2 heterocycles. The van der Waals surface area contributed by atoms with Gasteiger partial charge in [0.1, 0.15) is 0 Å². The average molecular weight is 479 g/mol. The Morgan fingerprint density at radius 3 is 2.48 bits per heavy atom. The number of benzene rings is 2. The molecule has 1 aromatic heterocycles. The summed E-state index contributed by atoms with van der Waals surface area (Å²) >= 11 is 1.33. The molecule has 0 bridgehead atoms. The van der Waals surface area contributed by atoms with Crippen LogP contribution in [0.4, 0.5) is 5.13 Å². The van der Waals surface area contributed by atoms with Crippen LogP contribution in [-0.2, 0) is 14.8 Å². The zero-order valence-electron chi connectivity index (χ0n) is 17.7. The van der Waals surface area contributed by atoms with Gasteiger partial charge >= 0.3 is 0 Å². The number of hydrogen-bond acceptors (Lipinski definition) is 6. The highest BCUT2D eigenvalue weighted by Crippen LogP contribution is 2.27. The molecule has 4 rings (SSSR count). The van der Waals surface area contributed by atoms with Crippen LogP contribution in [0.3, 0.4) is 0 Å². The summed E-state index contributed by atoms with van der Waals surface area (Å²) in [5.41, 5.74) is 2.99. The normalized spacial score (nSPS) is 15.4. The topological polar surface area (TPSA) is 103 Å². The van der Waals surface area contributed by atoms with Crippen molar-refractivity contribution in [2.45, 2.75) is 12.8 Å². The van der Waals surface area contributed by atoms with E-state index >= 15 is 0 Å². The Bertz CT molecular complexity index is 1290. The summed E-state index contributed by atoms with van der Waals surface area (Å²) in [6.07, 6.45) is 2.50. The average Bonchev–Trinajstić information content (AvgIpc) is 3.32. The Labute approximate surface area is 197 Å². The Morgan fingerprint density at radius 1 is 1.12 bits per heavy atom. The molecule has 7 nitrogen and oxygen atoms in total. The van der Waals surface area contributed by atoms with Crippen molar-refractivity contribution < 1.29 is 13.2 Å². The second kappa shape index (κ2) is 10.1. The third-order valence-corrected chi connectivity index (χ3v) is 7.78. The van der Waals surface area contributed by atoms with E-state index in [1.165, 1.54) is 21.1 Å². The van der Waals surface area contributed by atoms with Gasteiger partial charge in [-0.2, -0.15) is 9.57 Å². The van der Waals surface area contributed by atoms with Crippen LogP contribution in [0.25, 0.3) is 17.3 Å². The Hall–Kier alpha value is -3.32. The lowest BCUT2D eigenvalue weighted by Gasteiger charge is -2.29. The predicted molar refractivity (Wildman–Crippen MR) is 130 cm³/mol. The lowest BCUT2D eigenvalue weighted by atomic mass is 9.97. The van der Waals surface area contributed by atoms with Gasteiger partial charge in [-0.1, -0.05) is 42.5 Å². The van der Waals surface area contributed by atoms with Crippen molar-refractivity contribution in [3.8, 4) is 17.3 Å². The molecule has 1 aliphatic heterocycles. The van der Waals surface area contributed by atoms with Crippen molar-refractivity contribution >= 4 is 38.5 Å². The Balaban J connectivity index is 1.32. The van der Waals surface area contributed by atoms with Gasteiger partial charge in [0.25, 0.3) is 0 Å². The molecule has 2 aromatic carbocycles. The van der Waals surface area contributed by atoms with Crippen LogP contribution in [0.5, 0.6) is 0 Å². The molecule has 1 aliphatic rings. The predicted octanol–water partition coefficient (Wildman–Crippen LogP) is 4.33. The number of amides is 1. The summed E-state index contributed by atoms with van der Waals surface area (Å²) in [4.78, 5) is 17.2. The van der Waals surface area contributed by atoms with Gasteiger partial charge in [0.15, 0.2) is 5.13 Å². The molecule has 0 atom stereocenters. The van der Waals surface area contributed by atoms with Crippen LogP contribution in [-0.4, -0.2) is 36.7 Å². The number of carbonyl (C=O) groups is 1. The minimum Gasteiger partial charge on any atom is -0.302 e. The molecule has 3 aromatic rings. The first-order valence-corrected chi connectivity index (χ1v) is 12.8. The number of nitriles is 1. The van der Waals surface area contributed by atoms with Gasteiger partial charge in [-0.05, 0) is 36.6 Å². The van der Waals surface area contributed by atoms with E-state index in [2.05, 4.69) is 16.4 Å².